The Morgan fingerprint density at radius 1 is 1.04 bits per heavy atom. The number of aromatic nitrogens is 2. The van der Waals surface area contributed by atoms with Gasteiger partial charge in [-0.1, -0.05) is 0 Å². The number of benzene rings is 1. The first-order valence-corrected chi connectivity index (χ1v) is 9.28. The normalized spacial score (nSPS) is 22.8. The quantitative estimate of drug-likeness (QED) is 0.851. The van der Waals surface area contributed by atoms with Crippen LogP contribution in [0.4, 0.5) is 11.5 Å². The lowest BCUT2D eigenvalue weighted by molar-refractivity contribution is 0.101. The fourth-order valence-corrected chi connectivity index (χ4v) is 3.76. The largest absolute Gasteiger partial charge is 0.368 e. The second-order valence-corrected chi connectivity index (χ2v) is 7.31. The Morgan fingerprint density at radius 3 is 2.31 bits per heavy atom. The summed E-state index contributed by atoms with van der Waals surface area (Å²) in [5.41, 5.74) is 8.96. The zero-order valence-corrected chi connectivity index (χ0v) is 15.1. The van der Waals surface area contributed by atoms with Crippen molar-refractivity contribution in [3.05, 3.63) is 47.9 Å². The summed E-state index contributed by atoms with van der Waals surface area (Å²) < 4.78 is 0. The summed E-state index contributed by atoms with van der Waals surface area (Å²) in [6.45, 7) is 5.32. The number of piperazine rings is 1. The molecule has 1 saturated carbocycles. The molecule has 1 aliphatic carbocycles. The van der Waals surface area contributed by atoms with Crippen molar-refractivity contribution in [2.45, 2.75) is 31.7 Å². The van der Waals surface area contributed by atoms with Gasteiger partial charge in [0.15, 0.2) is 5.78 Å². The Bertz CT molecular complexity index is 777. The number of nitrogens with zero attached hydrogens (tertiary/aromatic N) is 4. The van der Waals surface area contributed by atoms with E-state index in [4.69, 9.17) is 5.73 Å². The average Bonchev–Trinajstić information content (AvgIpc) is 2.66. The van der Waals surface area contributed by atoms with Gasteiger partial charge in [0.1, 0.15) is 12.1 Å². The molecule has 2 heterocycles. The van der Waals surface area contributed by atoms with E-state index in [2.05, 4.69) is 25.8 Å². The summed E-state index contributed by atoms with van der Waals surface area (Å²) in [6.07, 6.45) is 3.74. The summed E-state index contributed by atoms with van der Waals surface area (Å²) in [4.78, 5) is 25.0. The minimum Gasteiger partial charge on any atom is -0.368 e. The number of hydrogen-bond acceptors (Lipinski definition) is 6. The second kappa shape index (κ2) is 7.03. The van der Waals surface area contributed by atoms with Crippen LogP contribution in [-0.4, -0.2) is 48.0 Å². The van der Waals surface area contributed by atoms with Crippen LogP contribution >= 0.6 is 0 Å². The molecule has 1 saturated heterocycles. The van der Waals surface area contributed by atoms with Crippen LogP contribution in [0.1, 0.15) is 41.7 Å². The van der Waals surface area contributed by atoms with Crippen LogP contribution in [0.25, 0.3) is 0 Å². The topological polar surface area (TPSA) is 75.4 Å². The zero-order chi connectivity index (χ0) is 18.1. The molecular weight excluding hydrogens is 326 g/mol. The Balaban J connectivity index is 1.39. The van der Waals surface area contributed by atoms with E-state index in [-0.39, 0.29) is 5.78 Å². The van der Waals surface area contributed by atoms with Crippen LogP contribution in [0.5, 0.6) is 0 Å². The molecular formula is C20H25N5O. The van der Waals surface area contributed by atoms with Crippen molar-refractivity contribution in [2.24, 2.45) is 5.73 Å². The number of rotatable bonds is 4. The second-order valence-electron chi connectivity index (χ2n) is 7.31. The molecule has 26 heavy (non-hydrogen) atoms. The zero-order valence-electron chi connectivity index (χ0n) is 15.1. The number of ketones is 1. The highest BCUT2D eigenvalue weighted by Gasteiger charge is 2.29. The van der Waals surface area contributed by atoms with Gasteiger partial charge in [-0.3, -0.25) is 4.79 Å². The van der Waals surface area contributed by atoms with E-state index in [1.165, 1.54) is 5.69 Å². The maximum absolute atomic E-state index is 11.4. The van der Waals surface area contributed by atoms with Crippen molar-refractivity contribution in [1.82, 2.24) is 9.97 Å². The molecule has 1 aromatic heterocycles. The van der Waals surface area contributed by atoms with E-state index in [1.54, 1.807) is 13.3 Å². The van der Waals surface area contributed by atoms with Crippen molar-refractivity contribution >= 4 is 17.3 Å². The van der Waals surface area contributed by atoms with Crippen LogP contribution in [0.15, 0.2) is 36.7 Å². The van der Waals surface area contributed by atoms with Crippen molar-refractivity contribution in [3.8, 4) is 0 Å². The average molecular weight is 351 g/mol. The number of hydrogen-bond donors (Lipinski definition) is 1. The molecule has 1 aromatic carbocycles. The summed E-state index contributed by atoms with van der Waals surface area (Å²) >= 11 is 0. The predicted octanol–water partition coefficient (Wildman–Crippen LogP) is 2.21. The van der Waals surface area contributed by atoms with Crippen LogP contribution in [0.2, 0.25) is 0 Å². The van der Waals surface area contributed by atoms with Gasteiger partial charge in [-0.2, -0.15) is 0 Å². The van der Waals surface area contributed by atoms with Gasteiger partial charge in [-0.15, -0.1) is 0 Å². The third-order valence-corrected chi connectivity index (χ3v) is 5.51. The summed E-state index contributed by atoms with van der Waals surface area (Å²) in [7, 11) is 0. The van der Waals surface area contributed by atoms with Gasteiger partial charge in [-0.05, 0) is 44.0 Å². The first kappa shape index (κ1) is 17.0. The van der Waals surface area contributed by atoms with Crippen molar-refractivity contribution in [3.63, 3.8) is 0 Å². The minimum absolute atomic E-state index is 0.105. The monoisotopic (exact) mass is 351 g/mol. The third-order valence-electron chi connectivity index (χ3n) is 5.51. The molecule has 0 unspecified atom stereocenters. The van der Waals surface area contributed by atoms with Gasteiger partial charge in [0.05, 0.1) is 0 Å². The molecule has 1 aliphatic heterocycles. The smallest absolute Gasteiger partial charge is 0.159 e. The molecule has 0 atom stereocenters. The molecule has 2 aromatic rings. The summed E-state index contributed by atoms with van der Waals surface area (Å²) in [5.74, 6) is 1.61. The lowest BCUT2D eigenvalue weighted by Gasteiger charge is -2.37. The van der Waals surface area contributed by atoms with Gasteiger partial charge in [0.2, 0.25) is 0 Å². The van der Waals surface area contributed by atoms with Gasteiger partial charge in [0.25, 0.3) is 0 Å². The summed E-state index contributed by atoms with van der Waals surface area (Å²) in [5, 5.41) is 0. The Labute approximate surface area is 154 Å². The highest BCUT2D eigenvalue weighted by Crippen LogP contribution is 2.35. The number of anilines is 2. The molecule has 2 N–H and O–H groups in total. The molecule has 0 radical (unpaired) electrons. The number of carbonyl (C=O) groups is 1. The molecule has 0 bridgehead atoms. The standard InChI is InChI=1S/C20H25N5O/c1-14(26)15-2-4-18(5-3-15)24-6-8-25(9-7-24)20-12-19(22-13-23-20)16-10-17(21)11-16/h2-5,12-13,16-17H,6-11,21H2,1H3. The Morgan fingerprint density at radius 2 is 1.69 bits per heavy atom. The van der Waals surface area contributed by atoms with Crippen molar-refractivity contribution in [1.29, 1.82) is 0 Å². The fraction of sp³-hybridized carbons (Fsp3) is 0.450. The lowest BCUT2D eigenvalue weighted by Crippen LogP contribution is -2.47. The number of nitrogens with two attached hydrogens (primary N) is 1. The highest BCUT2D eigenvalue weighted by molar-refractivity contribution is 5.94. The molecule has 0 spiro atoms. The minimum atomic E-state index is 0.105. The van der Waals surface area contributed by atoms with E-state index in [0.717, 1.165) is 56.1 Å². The number of Topliss-reactive ketones (excluding diaryl/α,β-unsaturated/α-hetero) is 1. The maximum atomic E-state index is 11.4. The van der Waals surface area contributed by atoms with E-state index >= 15 is 0 Å². The van der Waals surface area contributed by atoms with E-state index < -0.39 is 0 Å². The van der Waals surface area contributed by atoms with Crippen LogP contribution in [-0.2, 0) is 0 Å². The van der Waals surface area contributed by atoms with Crippen LogP contribution in [0, 0.1) is 0 Å². The van der Waals surface area contributed by atoms with Gasteiger partial charge in [-0.25, -0.2) is 9.97 Å². The molecule has 6 nitrogen and oxygen atoms in total. The Kier molecular flexibility index (Phi) is 4.59. The van der Waals surface area contributed by atoms with Gasteiger partial charge < -0.3 is 15.5 Å². The molecule has 2 fully saturated rings. The molecule has 136 valence electrons. The van der Waals surface area contributed by atoms with E-state index in [1.807, 2.05) is 24.3 Å². The van der Waals surface area contributed by atoms with E-state index in [9.17, 15) is 4.79 Å². The SMILES string of the molecule is CC(=O)c1ccc(N2CCN(c3cc(C4CC(N)C4)ncn3)CC2)cc1. The number of carbonyl (C=O) groups excluding carboxylic acids is 1. The lowest BCUT2D eigenvalue weighted by atomic mass is 9.78. The van der Waals surface area contributed by atoms with Crippen LogP contribution < -0.4 is 15.5 Å². The molecule has 0 amide bonds. The molecule has 2 aliphatic rings. The van der Waals surface area contributed by atoms with Crippen molar-refractivity contribution < 1.29 is 4.79 Å². The first-order chi connectivity index (χ1) is 12.6. The molecule has 4 rings (SSSR count). The first-order valence-electron chi connectivity index (χ1n) is 9.28. The third kappa shape index (κ3) is 3.42. The highest BCUT2D eigenvalue weighted by atomic mass is 16.1. The van der Waals surface area contributed by atoms with Gasteiger partial charge in [0, 0.05) is 61.1 Å². The predicted molar refractivity (Wildman–Crippen MR) is 103 cm³/mol. The van der Waals surface area contributed by atoms with Crippen molar-refractivity contribution in [2.75, 3.05) is 36.0 Å². The van der Waals surface area contributed by atoms with Gasteiger partial charge >= 0.3 is 0 Å². The Hall–Kier alpha value is -2.47. The maximum Gasteiger partial charge on any atom is 0.159 e. The van der Waals surface area contributed by atoms with E-state index in [0.29, 0.717) is 12.0 Å². The molecule has 6 heteroatoms. The van der Waals surface area contributed by atoms with Crippen LogP contribution in [0.3, 0.4) is 0 Å². The summed E-state index contributed by atoms with van der Waals surface area (Å²) in [6, 6.07) is 10.3. The fourth-order valence-electron chi connectivity index (χ4n) is 3.76.